The fraction of sp³-hybridized carbons (Fsp3) is 0.562. The molecule has 0 aromatic heterocycles. The van der Waals surface area contributed by atoms with Gasteiger partial charge >= 0.3 is 0 Å². The Morgan fingerprint density at radius 3 is 2.45 bits per heavy atom. The summed E-state index contributed by atoms with van der Waals surface area (Å²) in [6, 6.07) is 9.13. The third kappa shape index (κ3) is 6.68. The van der Waals surface area contributed by atoms with Crippen LogP contribution in [0, 0.1) is 5.41 Å². The van der Waals surface area contributed by atoms with E-state index in [0.29, 0.717) is 6.42 Å². The van der Waals surface area contributed by atoms with E-state index >= 15 is 0 Å². The summed E-state index contributed by atoms with van der Waals surface area (Å²) in [5.74, 6) is -0.114. The van der Waals surface area contributed by atoms with E-state index in [9.17, 15) is 9.90 Å². The molecule has 0 fully saturated rings. The standard InChI is InChI=1S/C16H26N2O2/c1-16(2,3)10-13(17)9-15(20)18-11-14(19)12-7-5-4-6-8-12/h4-8,13-14,19H,9-11,17H2,1-3H3,(H,18,20). The number of hydrogen-bond acceptors (Lipinski definition) is 3. The van der Waals surface area contributed by atoms with Crippen molar-refractivity contribution in [2.24, 2.45) is 11.1 Å². The number of aliphatic hydroxyl groups excluding tert-OH is 1. The molecule has 0 heterocycles. The number of nitrogens with one attached hydrogen (secondary N) is 1. The molecule has 2 atom stereocenters. The van der Waals surface area contributed by atoms with Crippen LogP contribution in [0.25, 0.3) is 0 Å². The molecule has 0 saturated carbocycles. The van der Waals surface area contributed by atoms with Crippen LogP contribution in [-0.4, -0.2) is 23.6 Å². The van der Waals surface area contributed by atoms with Crippen LogP contribution in [0.15, 0.2) is 30.3 Å². The molecule has 0 aliphatic carbocycles. The van der Waals surface area contributed by atoms with Crippen molar-refractivity contribution in [3.05, 3.63) is 35.9 Å². The Hall–Kier alpha value is -1.39. The summed E-state index contributed by atoms with van der Waals surface area (Å²) in [7, 11) is 0. The van der Waals surface area contributed by atoms with Gasteiger partial charge in [-0.25, -0.2) is 0 Å². The molecule has 1 amide bonds. The highest BCUT2D eigenvalue weighted by Gasteiger charge is 2.18. The van der Waals surface area contributed by atoms with Gasteiger partial charge in [-0.15, -0.1) is 0 Å². The first-order valence-corrected chi connectivity index (χ1v) is 7.03. The van der Waals surface area contributed by atoms with Gasteiger partial charge in [0.2, 0.25) is 5.91 Å². The number of carbonyl (C=O) groups excluding carboxylic acids is 1. The molecule has 1 aromatic carbocycles. The maximum absolute atomic E-state index is 11.8. The lowest BCUT2D eigenvalue weighted by molar-refractivity contribution is -0.122. The minimum atomic E-state index is -0.681. The van der Waals surface area contributed by atoms with Crippen molar-refractivity contribution in [1.29, 1.82) is 0 Å². The fourth-order valence-electron chi connectivity index (χ4n) is 2.17. The van der Waals surface area contributed by atoms with E-state index in [1.54, 1.807) is 0 Å². The molecule has 0 radical (unpaired) electrons. The smallest absolute Gasteiger partial charge is 0.221 e. The SMILES string of the molecule is CC(C)(C)CC(N)CC(=O)NCC(O)c1ccccc1. The van der Waals surface area contributed by atoms with Gasteiger partial charge in [-0.05, 0) is 17.4 Å². The summed E-state index contributed by atoms with van der Waals surface area (Å²) >= 11 is 0. The van der Waals surface area contributed by atoms with Crippen LogP contribution in [0.1, 0.15) is 45.3 Å². The normalized spacial score (nSPS) is 14.7. The second-order valence-corrected chi connectivity index (χ2v) is 6.46. The predicted molar refractivity (Wildman–Crippen MR) is 81.1 cm³/mol. The lowest BCUT2D eigenvalue weighted by atomic mass is 9.87. The average molecular weight is 278 g/mol. The molecule has 0 spiro atoms. The number of hydrogen-bond donors (Lipinski definition) is 3. The van der Waals surface area contributed by atoms with Crippen molar-refractivity contribution in [3.63, 3.8) is 0 Å². The van der Waals surface area contributed by atoms with E-state index in [1.165, 1.54) is 0 Å². The molecule has 4 N–H and O–H groups in total. The van der Waals surface area contributed by atoms with E-state index in [4.69, 9.17) is 5.73 Å². The third-order valence-corrected chi connectivity index (χ3v) is 3.00. The largest absolute Gasteiger partial charge is 0.387 e. The Labute approximate surface area is 121 Å². The van der Waals surface area contributed by atoms with Gasteiger partial charge in [0, 0.05) is 19.0 Å². The van der Waals surface area contributed by atoms with Crippen LogP contribution >= 0.6 is 0 Å². The number of nitrogens with two attached hydrogens (primary N) is 1. The van der Waals surface area contributed by atoms with Crippen molar-refractivity contribution in [2.75, 3.05) is 6.54 Å². The molecule has 20 heavy (non-hydrogen) atoms. The second-order valence-electron chi connectivity index (χ2n) is 6.46. The van der Waals surface area contributed by atoms with E-state index < -0.39 is 6.10 Å². The quantitative estimate of drug-likeness (QED) is 0.745. The summed E-state index contributed by atoms with van der Waals surface area (Å²) in [6.07, 6.45) is 0.402. The van der Waals surface area contributed by atoms with Crippen molar-refractivity contribution in [1.82, 2.24) is 5.32 Å². The van der Waals surface area contributed by atoms with Crippen molar-refractivity contribution >= 4 is 5.91 Å². The van der Waals surface area contributed by atoms with Gasteiger partial charge in [0.25, 0.3) is 0 Å². The second kappa shape index (κ2) is 7.41. The minimum Gasteiger partial charge on any atom is -0.387 e. The van der Waals surface area contributed by atoms with Crippen LogP contribution < -0.4 is 11.1 Å². The first-order valence-electron chi connectivity index (χ1n) is 7.03. The summed E-state index contributed by atoms with van der Waals surface area (Å²) in [5.41, 5.74) is 6.87. The van der Waals surface area contributed by atoms with Gasteiger partial charge in [0.1, 0.15) is 0 Å². The molecule has 0 aliphatic heterocycles. The van der Waals surface area contributed by atoms with Crippen LogP contribution in [0.5, 0.6) is 0 Å². The highest BCUT2D eigenvalue weighted by atomic mass is 16.3. The third-order valence-electron chi connectivity index (χ3n) is 3.00. The molecule has 112 valence electrons. The molecule has 1 rings (SSSR count). The zero-order valence-corrected chi connectivity index (χ0v) is 12.6. The number of amides is 1. The molecule has 2 unspecified atom stereocenters. The maximum atomic E-state index is 11.8. The Morgan fingerprint density at radius 2 is 1.90 bits per heavy atom. The molecule has 0 bridgehead atoms. The molecular weight excluding hydrogens is 252 g/mol. The first kappa shape index (κ1) is 16.7. The highest BCUT2D eigenvalue weighted by molar-refractivity contribution is 5.76. The zero-order chi connectivity index (χ0) is 15.2. The van der Waals surface area contributed by atoms with Gasteiger partial charge in [0.05, 0.1) is 6.10 Å². The summed E-state index contributed by atoms with van der Waals surface area (Å²) < 4.78 is 0. The van der Waals surface area contributed by atoms with Gasteiger partial charge in [-0.2, -0.15) is 0 Å². The predicted octanol–water partition coefficient (Wildman–Crippen LogP) is 1.99. The number of carbonyl (C=O) groups is 1. The highest BCUT2D eigenvalue weighted by Crippen LogP contribution is 2.21. The maximum Gasteiger partial charge on any atom is 0.221 e. The Morgan fingerprint density at radius 1 is 1.30 bits per heavy atom. The minimum absolute atomic E-state index is 0.114. The van der Waals surface area contributed by atoms with Gasteiger partial charge in [0.15, 0.2) is 0 Å². The van der Waals surface area contributed by atoms with Crippen LogP contribution in [0.3, 0.4) is 0 Å². The van der Waals surface area contributed by atoms with Crippen LogP contribution in [-0.2, 0) is 4.79 Å². The molecule has 4 heteroatoms. The van der Waals surface area contributed by atoms with Gasteiger partial charge in [-0.3, -0.25) is 4.79 Å². The average Bonchev–Trinajstić information content (AvgIpc) is 2.34. The Balaban J connectivity index is 2.33. The van der Waals surface area contributed by atoms with Crippen molar-refractivity contribution in [2.45, 2.75) is 45.8 Å². The summed E-state index contributed by atoms with van der Waals surface area (Å²) in [4.78, 5) is 11.8. The van der Waals surface area contributed by atoms with E-state index in [-0.39, 0.29) is 23.9 Å². The topological polar surface area (TPSA) is 75.4 Å². The molecular formula is C16H26N2O2. The van der Waals surface area contributed by atoms with Crippen molar-refractivity contribution in [3.8, 4) is 0 Å². The van der Waals surface area contributed by atoms with Crippen LogP contribution in [0.2, 0.25) is 0 Å². The van der Waals surface area contributed by atoms with Gasteiger partial charge in [-0.1, -0.05) is 51.1 Å². The molecule has 4 nitrogen and oxygen atoms in total. The van der Waals surface area contributed by atoms with Crippen molar-refractivity contribution < 1.29 is 9.90 Å². The van der Waals surface area contributed by atoms with E-state index in [2.05, 4.69) is 26.1 Å². The fourth-order valence-corrected chi connectivity index (χ4v) is 2.17. The number of benzene rings is 1. The number of rotatable bonds is 6. The molecule has 0 aliphatic rings. The monoisotopic (exact) mass is 278 g/mol. The first-order chi connectivity index (χ1) is 9.28. The van der Waals surface area contributed by atoms with E-state index in [1.807, 2.05) is 30.3 Å². The Bertz CT molecular complexity index is 412. The lowest BCUT2D eigenvalue weighted by Gasteiger charge is -2.23. The van der Waals surface area contributed by atoms with Crippen LogP contribution in [0.4, 0.5) is 0 Å². The molecule has 0 saturated heterocycles. The van der Waals surface area contributed by atoms with E-state index in [0.717, 1.165) is 12.0 Å². The zero-order valence-electron chi connectivity index (χ0n) is 12.6. The van der Waals surface area contributed by atoms with Gasteiger partial charge < -0.3 is 16.2 Å². The lowest BCUT2D eigenvalue weighted by Crippen LogP contribution is -2.35. The summed E-state index contributed by atoms with van der Waals surface area (Å²) in [6.45, 7) is 6.52. The molecule has 1 aromatic rings. The summed E-state index contributed by atoms with van der Waals surface area (Å²) in [5, 5.41) is 12.7. The Kier molecular flexibility index (Phi) is 6.17. The number of aliphatic hydroxyl groups is 1.